The summed E-state index contributed by atoms with van der Waals surface area (Å²) in [5.41, 5.74) is 11.7. The van der Waals surface area contributed by atoms with Crippen LogP contribution in [-0.2, 0) is 0 Å². The molecule has 0 bridgehead atoms. The van der Waals surface area contributed by atoms with Crippen LogP contribution < -0.4 is 10.6 Å². The first kappa shape index (κ1) is 14.3. The van der Waals surface area contributed by atoms with Gasteiger partial charge in [-0.2, -0.15) is 4.98 Å². The van der Waals surface area contributed by atoms with Crippen molar-refractivity contribution in [1.29, 1.82) is 0 Å². The second-order valence-electron chi connectivity index (χ2n) is 5.80. The predicted molar refractivity (Wildman–Crippen MR) is 93.2 cm³/mol. The van der Waals surface area contributed by atoms with Gasteiger partial charge in [-0.1, -0.05) is 24.3 Å². The van der Waals surface area contributed by atoms with E-state index < -0.39 is 0 Å². The Morgan fingerprint density at radius 3 is 2.27 bits per heavy atom. The van der Waals surface area contributed by atoms with E-state index in [2.05, 4.69) is 60.2 Å². The predicted octanol–water partition coefficient (Wildman–Crippen LogP) is 3.56. The van der Waals surface area contributed by atoms with Crippen molar-refractivity contribution < 1.29 is 0 Å². The van der Waals surface area contributed by atoms with Crippen molar-refractivity contribution in [2.75, 3.05) is 24.7 Å². The second-order valence-corrected chi connectivity index (χ2v) is 5.80. The molecule has 0 saturated heterocycles. The van der Waals surface area contributed by atoms with Crippen LogP contribution in [0.1, 0.15) is 11.1 Å². The summed E-state index contributed by atoms with van der Waals surface area (Å²) in [6.45, 7) is 4.26. The topological polar surface area (TPSA) is 55.0 Å². The molecule has 0 saturated carbocycles. The first-order chi connectivity index (χ1) is 10.5. The van der Waals surface area contributed by atoms with Crippen molar-refractivity contribution in [3.8, 4) is 11.1 Å². The number of benzene rings is 2. The van der Waals surface area contributed by atoms with Gasteiger partial charge >= 0.3 is 0 Å². The summed E-state index contributed by atoms with van der Waals surface area (Å²) in [4.78, 5) is 10.7. The van der Waals surface area contributed by atoms with Crippen molar-refractivity contribution in [2.45, 2.75) is 13.8 Å². The summed E-state index contributed by atoms with van der Waals surface area (Å²) in [5, 5.41) is 1.01. The fourth-order valence-corrected chi connectivity index (χ4v) is 2.90. The molecule has 0 aliphatic heterocycles. The Labute approximate surface area is 130 Å². The lowest BCUT2D eigenvalue weighted by Gasteiger charge is -2.16. The third kappa shape index (κ3) is 2.37. The molecular weight excluding hydrogens is 272 g/mol. The van der Waals surface area contributed by atoms with E-state index in [-0.39, 0.29) is 0 Å². The van der Waals surface area contributed by atoms with Gasteiger partial charge in [-0.15, -0.1) is 0 Å². The smallest absolute Gasteiger partial charge is 0.222 e. The van der Waals surface area contributed by atoms with Crippen LogP contribution in [-0.4, -0.2) is 24.1 Å². The third-order valence-corrected chi connectivity index (χ3v) is 3.89. The largest absolute Gasteiger partial charge is 0.368 e. The van der Waals surface area contributed by atoms with E-state index in [1.54, 1.807) is 0 Å². The number of nitrogens with two attached hydrogens (primary N) is 1. The van der Waals surface area contributed by atoms with Crippen molar-refractivity contribution in [2.24, 2.45) is 0 Å². The van der Waals surface area contributed by atoms with Crippen molar-refractivity contribution in [3.63, 3.8) is 0 Å². The van der Waals surface area contributed by atoms with Crippen molar-refractivity contribution in [1.82, 2.24) is 9.97 Å². The second kappa shape index (κ2) is 5.30. The van der Waals surface area contributed by atoms with Gasteiger partial charge in [0.1, 0.15) is 5.82 Å². The maximum atomic E-state index is 5.86. The van der Waals surface area contributed by atoms with E-state index in [1.807, 2.05) is 19.0 Å². The molecule has 1 heterocycles. The number of hydrogen-bond donors (Lipinski definition) is 1. The number of rotatable bonds is 2. The Morgan fingerprint density at radius 1 is 0.955 bits per heavy atom. The first-order valence-corrected chi connectivity index (χ1v) is 7.28. The van der Waals surface area contributed by atoms with Crippen LogP contribution in [0, 0.1) is 13.8 Å². The average Bonchev–Trinajstić information content (AvgIpc) is 2.45. The van der Waals surface area contributed by atoms with E-state index >= 15 is 0 Å². The Bertz CT molecular complexity index is 833. The lowest BCUT2D eigenvalue weighted by Crippen LogP contribution is -2.13. The van der Waals surface area contributed by atoms with Gasteiger partial charge in [-0.05, 0) is 48.2 Å². The molecule has 0 radical (unpaired) electrons. The van der Waals surface area contributed by atoms with Gasteiger partial charge in [0.2, 0.25) is 5.95 Å². The first-order valence-electron chi connectivity index (χ1n) is 7.28. The molecule has 0 fully saturated rings. The number of aromatic nitrogens is 2. The van der Waals surface area contributed by atoms with E-state index in [1.165, 1.54) is 16.7 Å². The molecule has 4 heteroatoms. The van der Waals surface area contributed by atoms with Crippen LogP contribution in [0.3, 0.4) is 0 Å². The monoisotopic (exact) mass is 292 g/mol. The molecule has 22 heavy (non-hydrogen) atoms. The summed E-state index contributed by atoms with van der Waals surface area (Å²) in [7, 11) is 3.92. The van der Waals surface area contributed by atoms with Crippen molar-refractivity contribution in [3.05, 3.63) is 47.5 Å². The molecule has 1 aromatic heterocycles. The van der Waals surface area contributed by atoms with Crippen LogP contribution in [0.25, 0.3) is 22.0 Å². The minimum atomic E-state index is 0.301. The van der Waals surface area contributed by atoms with Crippen LogP contribution in [0.15, 0.2) is 36.4 Å². The molecule has 3 rings (SSSR count). The van der Waals surface area contributed by atoms with E-state index in [9.17, 15) is 0 Å². The van der Waals surface area contributed by atoms with Gasteiger partial charge in [0.05, 0.1) is 5.52 Å². The zero-order chi connectivity index (χ0) is 15.9. The zero-order valence-electron chi connectivity index (χ0n) is 13.4. The zero-order valence-corrected chi connectivity index (χ0v) is 13.4. The Morgan fingerprint density at radius 2 is 1.64 bits per heavy atom. The molecule has 0 aliphatic rings. The molecule has 3 aromatic rings. The van der Waals surface area contributed by atoms with Gasteiger partial charge in [-0.25, -0.2) is 4.98 Å². The number of nitrogen functional groups attached to an aromatic ring is 1. The lowest BCUT2D eigenvalue weighted by atomic mass is 9.95. The quantitative estimate of drug-likeness (QED) is 0.784. The van der Waals surface area contributed by atoms with Gasteiger partial charge in [-0.3, -0.25) is 0 Å². The highest BCUT2D eigenvalue weighted by Crippen LogP contribution is 2.31. The van der Waals surface area contributed by atoms with Crippen LogP contribution in [0.5, 0.6) is 0 Å². The summed E-state index contributed by atoms with van der Waals surface area (Å²) in [5.74, 6) is 1.14. The number of hydrogen-bond acceptors (Lipinski definition) is 4. The number of fused-ring (bicyclic) bond motifs is 1. The molecule has 0 unspecified atom stereocenters. The molecule has 0 atom stereocenters. The Kier molecular flexibility index (Phi) is 3.45. The SMILES string of the molecule is Cc1cccc(C)c1-c1ccc2c(N(C)C)nc(N)nc2c1. The highest BCUT2D eigenvalue weighted by Gasteiger charge is 2.11. The molecule has 0 aliphatic carbocycles. The van der Waals surface area contributed by atoms with E-state index in [4.69, 9.17) is 5.73 Å². The summed E-state index contributed by atoms with van der Waals surface area (Å²) >= 11 is 0. The lowest BCUT2D eigenvalue weighted by molar-refractivity contribution is 1.07. The Hall–Kier alpha value is -2.62. The van der Waals surface area contributed by atoms with Gasteiger partial charge in [0, 0.05) is 19.5 Å². The van der Waals surface area contributed by atoms with Crippen molar-refractivity contribution >= 4 is 22.7 Å². The summed E-state index contributed by atoms with van der Waals surface area (Å²) in [6.07, 6.45) is 0. The van der Waals surface area contributed by atoms with Crippen LogP contribution in [0.2, 0.25) is 0 Å². The van der Waals surface area contributed by atoms with E-state index in [0.717, 1.165) is 22.3 Å². The normalized spacial score (nSPS) is 10.9. The summed E-state index contributed by atoms with van der Waals surface area (Å²) < 4.78 is 0. The molecule has 2 N–H and O–H groups in total. The van der Waals surface area contributed by atoms with Gasteiger partial charge in [0.15, 0.2) is 0 Å². The molecule has 112 valence electrons. The molecule has 0 amide bonds. The summed E-state index contributed by atoms with van der Waals surface area (Å²) in [6, 6.07) is 12.6. The molecule has 4 nitrogen and oxygen atoms in total. The number of aryl methyl sites for hydroxylation is 2. The maximum absolute atomic E-state index is 5.86. The van der Waals surface area contributed by atoms with Gasteiger partial charge < -0.3 is 10.6 Å². The van der Waals surface area contributed by atoms with Crippen LogP contribution >= 0.6 is 0 Å². The molecule has 2 aromatic carbocycles. The standard InChI is InChI=1S/C18H20N4/c1-11-6-5-7-12(2)16(11)13-8-9-14-15(10-13)20-18(19)21-17(14)22(3)4/h5-10H,1-4H3,(H2,19,20,21). The van der Waals surface area contributed by atoms with Crippen LogP contribution in [0.4, 0.5) is 11.8 Å². The minimum absolute atomic E-state index is 0.301. The fourth-order valence-electron chi connectivity index (χ4n) is 2.90. The maximum Gasteiger partial charge on any atom is 0.222 e. The minimum Gasteiger partial charge on any atom is -0.368 e. The highest BCUT2D eigenvalue weighted by molar-refractivity contribution is 5.93. The molecular formula is C18H20N4. The third-order valence-electron chi connectivity index (χ3n) is 3.89. The Balaban J connectivity index is 2.27. The van der Waals surface area contributed by atoms with Gasteiger partial charge in [0.25, 0.3) is 0 Å². The van der Waals surface area contributed by atoms with E-state index in [0.29, 0.717) is 5.95 Å². The average molecular weight is 292 g/mol. The molecule has 0 spiro atoms. The number of nitrogens with zero attached hydrogens (tertiary/aromatic N) is 3. The fraction of sp³-hybridized carbons (Fsp3) is 0.222. The highest BCUT2D eigenvalue weighted by atomic mass is 15.2. The number of anilines is 2.